The fourth-order valence-electron chi connectivity index (χ4n) is 2.06. The van der Waals surface area contributed by atoms with Gasteiger partial charge in [-0.1, -0.05) is 0 Å². The molecule has 0 atom stereocenters. The number of amides is 1. The van der Waals surface area contributed by atoms with Crippen molar-refractivity contribution in [3.8, 4) is 0 Å². The van der Waals surface area contributed by atoms with Gasteiger partial charge < -0.3 is 14.8 Å². The Labute approximate surface area is 102 Å². The highest BCUT2D eigenvalue weighted by Crippen LogP contribution is 2.06. The summed E-state index contributed by atoms with van der Waals surface area (Å²) < 4.78 is 2.05. The van der Waals surface area contributed by atoms with Crippen LogP contribution in [0, 0.1) is 13.8 Å². The monoisotopic (exact) mass is 236 g/mol. The lowest BCUT2D eigenvalue weighted by Crippen LogP contribution is -2.46. The molecule has 2 rings (SSSR count). The largest absolute Gasteiger partial charge is 0.340 e. The van der Waals surface area contributed by atoms with E-state index in [9.17, 15) is 4.79 Å². The fourth-order valence-corrected chi connectivity index (χ4v) is 2.06. The number of aromatic nitrogens is 2. The number of hydrogen-bond donors (Lipinski definition) is 1. The van der Waals surface area contributed by atoms with Gasteiger partial charge in [-0.3, -0.25) is 4.79 Å². The topological polar surface area (TPSA) is 50.2 Å². The first-order valence-electron chi connectivity index (χ1n) is 6.15. The standard InChI is InChI=1S/C12H20N4O/c1-10-11(2)16(9-14-10)6-3-12(17)15-7-4-13-5-8-15/h9,13H,3-8H2,1-2H3. The summed E-state index contributed by atoms with van der Waals surface area (Å²) in [6, 6.07) is 0. The summed E-state index contributed by atoms with van der Waals surface area (Å²) in [5, 5.41) is 3.25. The van der Waals surface area contributed by atoms with E-state index in [1.54, 1.807) is 0 Å². The molecule has 1 aliphatic rings. The zero-order valence-corrected chi connectivity index (χ0v) is 10.6. The summed E-state index contributed by atoms with van der Waals surface area (Å²) in [5.41, 5.74) is 2.19. The van der Waals surface area contributed by atoms with Crippen LogP contribution < -0.4 is 5.32 Å². The Morgan fingerprint density at radius 1 is 1.41 bits per heavy atom. The molecule has 1 saturated heterocycles. The van der Waals surface area contributed by atoms with E-state index >= 15 is 0 Å². The Balaban J connectivity index is 1.85. The molecule has 0 bridgehead atoms. The summed E-state index contributed by atoms with van der Waals surface area (Å²) in [4.78, 5) is 18.1. The minimum absolute atomic E-state index is 0.247. The van der Waals surface area contributed by atoms with Gasteiger partial charge in [-0.05, 0) is 13.8 Å². The average Bonchev–Trinajstić information content (AvgIpc) is 2.68. The molecule has 0 spiro atoms. The normalized spacial score (nSPS) is 16.2. The molecule has 0 aliphatic carbocycles. The Hall–Kier alpha value is -1.36. The molecule has 2 heterocycles. The number of carbonyl (C=O) groups excluding carboxylic acids is 1. The third-order valence-corrected chi connectivity index (χ3v) is 3.38. The summed E-state index contributed by atoms with van der Waals surface area (Å²) in [7, 11) is 0. The van der Waals surface area contributed by atoms with Gasteiger partial charge in [0.25, 0.3) is 0 Å². The van der Waals surface area contributed by atoms with E-state index in [0.29, 0.717) is 6.42 Å². The van der Waals surface area contributed by atoms with Crippen molar-refractivity contribution in [2.45, 2.75) is 26.8 Å². The number of carbonyl (C=O) groups is 1. The predicted octanol–water partition coefficient (Wildman–Crippen LogP) is 0.322. The van der Waals surface area contributed by atoms with Gasteiger partial charge in [-0.2, -0.15) is 0 Å². The minimum Gasteiger partial charge on any atom is -0.340 e. The molecular formula is C12H20N4O. The zero-order chi connectivity index (χ0) is 12.3. The van der Waals surface area contributed by atoms with Crippen LogP contribution >= 0.6 is 0 Å². The molecule has 1 aromatic rings. The van der Waals surface area contributed by atoms with Crippen LogP contribution in [0.1, 0.15) is 17.8 Å². The lowest BCUT2D eigenvalue weighted by atomic mass is 10.3. The molecule has 0 saturated carbocycles. The third kappa shape index (κ3) is 2.85. The van der Waals surface area contributed by atoms with Gasteiger partial charge in [0, 0.05) is 44.8 Å². The number of rotatable bonds is 3. The molecule has 1 fully saturated rings. The van der Waals surface area contributed by atoms with Crippen LogP contribution in [-0.4, -0.2) is 46.5 Å². The first-order valence-corrected chi connectivity index (χ1v) is 6.15. The molecule has 5 nitrogen and oxygen atoms in total. The molecule has 0 radical (unpaired) electrons. The zero-order valence-electron chi connectivity index (χ0n) is 10.6. The van der Waals surface area contributed by atoms with E-state index in [-0.39, 0.29) is 5.91 Å². The highest BCUT2D eigenvalue weighted by molar-refractivity contribution is 5.76. The molecule has 0 unspecified atom stereocenters. The van der Waals surface area contributed by atoms with E-state index < -0.39 is 0 Å². The van der Waals surface area contributed by atoms with Gasteiger partial charge in [0.1, 0.15) is 0 Å². The third-order valence-electron chi connectivity index (χ3n) is 3.38. The number of nitrogens with zero attached hydrogens (tertiary/aromatic N) is 3. The second-order valence-corrected chi connectivity index (χ2v) is 4.49. The summed E-state index contributed by atoms with van der Waals surface area (Å²) in [6.45, 7) is 8.25. The van der Waals surface area contributed by atoms with Gasteiger partial charge >= 0.3 is 0 Å². The highest BCUT2D eigenvalue weighted by Gasteiger charge is 2.16. The van der Waals surface area contributed by atoms with E-state index in [1.165, 1.54) is 0 Å². The quantitative estimate of drug-likeness (QED) is 0.822. The van der Waals surface area contributed by atoms with Crippen molar-refractivity contribution in [1.82, 2.24) is 19.8 Å². The number of imidazole rings is 1. The van der Waals surface area contributed by atoms with E-state index in [0.717, 1.165) is 44.1 Å². The Bertz CT molecular complexity index is 393. The van der Waals surface area contributed by atoms with E-state index in [1.807, 2.05) is 25.1 Å². The van der Waals surface area contributed by atoms with E-state index in [4.69, 9.17) is 0 Å². The van der Waals surface area contributed by atoms with Crippen molar-refractivity contribution in [2.75, 3.05) is 26.2 Å². The minimum atomic E-state index is 0.247. The van der Waals surface area contributed by atoms with Crippen LogP contribution in [-0.2, 0) is 11.3 Å². The lowest BCUT2D eigenvalue weighted by molar-refractivity contribution is -0.132. The molecule has 1 amide bonds. The molecule has 1 aromatic heterocycles. The first-order chi connectivity index (χ1) is 8.18. The Kier molecular flexibility index (Phi) is 3.78. The molecule has 1 aliphatic heterocycles. The van der Waals surface area contributed by atoms with Crippen LogP contribution in [0.25, 0.3) is 0 Å². The van der Waals surface area contributed by atoms with Crippen molar-refractivity contribution in [3.63, 3.8) is 0 Å². The summed E-state index contributed by atoms with van der Waals surface area (Å²) in [5.74, 6) is 0.247. The maximum absolute atomic E-state index is 12.0. The van der Waals surface area contributed by atoms with Crippen LogP contribution in [0.2, 0.25) is 0 Å². The second kappa shape index (κ2) is 5.31. The molecular weight excluding hydrogens is 216 g/mol. The predicted molar refractivity (Wildman–Crippen MR) is 65.8 cm³/mol. The van der Waals surface area contributed by atoms with E-state index in [2.05, 4.69) is 14.9 Å². The van der Waals surface area contributed by atoms with Crippen molar-refractivity contribution in [1.29, 1.82) is 0 Å². The maximum atomic E-state index is 12.0. The Morgan fingerprint density at radius 3 is 2.71 bits per heavy atom. The summed E-state index contributed by atoms with van der Waals surface area (Å²) in [6.07, 6.45) is 2.38. The van der Waals surface area contributed by atoms with Crippen molar-refractivity contribution in [2.24, 2.45) is 0 Å². The Morgan fingerprint density at radius 2 is 2.12 bits per heavy atom. The molecule has 1 N–H and O–H groups in total. The number of piperazine rings is 1. The van der Waals surface area contributed by atoms with Crippen molar-refractivity contribution in [3.05, 3.63) is 17.7 Å². The van der Waals surface area contributed by atoms with Crippen LogP contribution in [0.3, 0.4) is 0 Å². The number of nitrogens with one attached hydrogen (secondary N) is 1. The van der Waals surface area contributed by atoms with Crippen molar-refractivity contribution >= 4 is 5.91 Å². The number of aryl methyl sites for hydroxylation is 2. The first kappa shape index (κ1) is 12.1. The van der Waals surface area contributed by atoms with Crippen molar-refractivity contribution < 1.29 is 4.79 Å². The van der Waals surface area contributed by atoms with Crippen LogP contribution in [0.4, 0.5) is 0 Å². The molecule has 17 heavy (non-hydrogen) atoms. The highest BCUT2D eigenvalue weighted by atomic mass is 16.2. The maximum Gasteiger partial charge on any atom is 0.224 e. The molecule has 94 valence electrons. The average molecular weight is 236 g/mol. The van der Waals surface area contributed by atoms with Crippen LogP contribution in [0.15, 0.2) is 6.33 Å². The number of hydrogen-bond acceptors (Lipinski definition) is 3. The molecule has 0 aromatic carbocycles. The lowest BCUT2D eigenvalue weighted by Gasteiger charge is -2.27. The summed E-state index contributed by atoms with van der Waals surface area (Å²) >= 11 is 0. The van der Waals surface area contributed by atoms with Gasteiger partial charge in [0.05, 0.1) is 12.0 Å². The van der Waals surface area contributed by atoms with Gasteiger partial charge in [0.15, 0.2) is 0 Å². The fraction of sp³-hybridized carbons (Fsp3) is 0.667. The van der Waals surface area contributed by atoms with Gasteiger partial charge in [0.2, 0.25) is 5.91 Å². The smallest absolute Gasteiger partial charge is 0.224 e. The molecule has 5 heteroatoms. The second-order valence-electron chi connectivity index (χ2n) is 4.49. The van der Waals surface area contributed by atoms with Crippen LogP contribution in [0.5, 0.6) is 0 Å². The SMILES string of the molecule is Cc1ncn(CCC(=O)N2CCNCC2)c1C. The van der Waals surface area contributed by atoms with Gasteiger partial charge in [-0.25, -0.2) is 4.98 Å². The van der Waals surface area contributed by atoms with Gasteiger partial charge in [-0.15, -0.1) is 0 Å².